The van der Waals surface area contributed by atoms with Crippen molar-refractivity contribution in [2.24, 2.45) is 5.73 Å². The molecule has 0 aromatic heterocycles. The van der Waals surface area contributed by atoms with Crippen molar-refractivity contribution in [2.75, 3.05) is 18.1 Å². The summed E-state index contributed by atoms with van der Waals surface area (Å²) in [5, 5.41) is 0. The van der Waals surface area contributed by atoms with Gasteiger partial charge in [0, 0.05) is 16.6 Å². The summed E-state index contributed by atoms with van der Waals surface area (Å²) in [5.74, 6) is 0.892. The molecular weight excluding hydrogens is 348 g/mol. The van der Waals surface area contributed by atoms with Gasteiger partial charge in [-0.1, -0.05) is 30.4 Å². The molecule has 3 nitrogen and oxygen atoms in total. The fourth-order valence-corrected chi connectivity index (χ4v) is 3.47. The number of anilines is 2. The molecule has 3 rings (SSSR count). The zero-order valence-corrected chi connectivity index (χ0v) is 13.8. The number of hydrogen-bond acceptors (Lipinski definition) is 3. The monoisotopic (exact) mass is 362 g/mol. The third kappa shape index (κ3) is 2.76. The lowest BCUT2D eigenvalue weighted by Gasteiger charge is -2.26. The van der Waals surface area contributed by atoms with Crippen LogP contribution in [-0.4, -0.2) is 18.1 Å². The molecule has 5 heteroatoms. The summed E-state index contributed by atoms with van der Waals surface area (Å²) in [5.41, 5.74) is 8.85. The number of ether oxygens (including phenoxy) is 1. The average molecular weight is 363 g/mol. The summed E-state index contributed by atoms with van der Waals surface area (Å²) >= 11 is 8.78. The Morgan fingerprint density at radius 2 is 1.90 bits per heavy atom. The molecule has 0 radical (unpaired) electrons. The highest BCUT2D eigenvalue weighted by Gasteiger charge is 2.21. The van der Waals surface area contributed by atoms with Gasteiger partial charge in [0.2, 0.25) is 0 Å². The Hall–Kier alpha value is -1.59. The standard InChI is InChI=1S/C16H15BrN2OS/c17-11-5-3-7-13(15(11)16(18)21)19-9-4-10-20-14-8-2-1-6-12(14)19/h1-3,5-8H,4,9-10H2,(H2,18,21). The molecule has 1 aliphatic heterocycles. The lowest BCUT2D eigenvalue weighted by atomic mass is 10.1. The summed E-state index contributed by atoms with van der Waals surface area (Å²) < 4.78 is 6.73. The minimum Gasteiger partial charge on any atom is -0.491 e. The van der Waals surface area contributed by atoms with Crippen LogP contribution in [0.25, 0.3) is 0 Å². The van der Waals surface area contributed by atoms with Crippen molar-refractivity contribution in [3.63, 3.8) is 0 Å². The Balaban J connectivity index is 2.17. The zero-order valence-electron chi connectivity index (χ0n) is 11.4. The van der Waals surface area contributed by atoms with Crippen LogP contribution in [0.1, 0.15) is 12.0 Å². The molecule has 1 aliphatic rings. The van der Waals surface area contributed by atoms with Gasteiger partial charge in [-0.2, -0.15) is 0 Å². The number of hydrogen-bond donors (Lipinski definition) is 1. The fraction of sp³-hybridized carbons (Fsp3) is 0.188. The zero-order chi connectivity index (χ0) is 14.8. The second kappa shape index (κ2) is 6.03. The molecule has 21 heavy (non-hydrogen) atoms. The maximum absolute atomic E-state index is 5.92. The Bertz CT molecular complexity index is 690. The minimum absolute atomic E-state index is 0.389. The number of nitrogens with two attached hydrogens (primary N) is 1. The number of thiocarbonyl (C=S) groups is 1. The molecule has 0 unspecified atom stereocenters. The average Bonchev–Trinajstić information content (AvgIpc) is 2.68. The van der Waals surface area contributed by atoms with E-state index in [0.29, 0.717) is 11.6 Å². The number of fused-ring (bicyclic) bond motifs is 1. The van der Waals surface area contributed by atoms with Gasteiger partial charge >= 0.3 is 0 Å². The van der Waals surface area contributed by atoms with E-state index in [2.05, 4.69) is 26.9 Å². The first-order valence-corrected chi connectivity index (χ1v) is 7.96. The van der Waals surface area contributed by atoms with E-state index in [0.717, 1.165) is 40.1 Å². The van der Waals surface area contributed by atoms with Gasteiger partial charge in [0.25, 0.3) is 0 Å². The molecule has 108 valence electrons. The van der Waals surface area contributed by atoms with E-state index in [-0.39, 0.29) is 0 Å². The maximum atomic E-state index is 5.92. The Morgan fingerprint density at radius 1 is 1.14 bits per heavy atom. The van der Waals surface area contributed by atoms with Gasteiger partial charge in [0.1, 0.15) is 10.7 Å². The third-order valence-electron chi connectivity index (χ3n) is 3.47. The van der Waals surface area contributed by atoms with Crippen LogP contribution in [0, 0.1) is 0 Å². The summed E-state index contributed by atoms with van der Waals surface area (Å²) in [6, 6.07) is 14.0. The predicted molar refractivity (Wildman–Crippen MR) is 93.6 cm³/mol. The molecule has 0 bridgehead atoms. The molecule has 0 amide bonds. The normalized spacial score (nSPS) is 14.0. The predicted octanol–water partition coefficient (Wildman–Crippen LogP) is 4.00. The number of nitrogens with zero attached hydrogens (tertiary/aromatic N) is 1. The van der Waals surface area contributed by atoms with Crippen molar-refractivity contribution in [1.29, 1.82) is 0 Å². The number of benzene rings is 2. The van der Waals surface area contributed by atoms with Gasteiger partial charge in [-0.25, -0.2) is 0 Å². The molecule has 2 aromatic carbocycles. The molecule has 0 spiro atoms. The Morgan fingerprint density at radius 3 is 2.71 bits per heavy atom. The summed E-state index contributed by atoms with van der Waals surface area (Å²) in [6.45, 7) is 1.58. The molecule has 1 heterocycles. The lowest BCUT2D eigenvalue weighted by molar-refractivity contribution is 0.322. The summed E-state index contributed by atoms with van der Waals surface area (Å²) in [7, 11) is 0. The van der Waals surface area contributed by atoms with Crippen LogP contribution < -0.4 is 15.4 Å². The second-order valence-electron chi connectivity index (χ2n) is 4.82. The summed E-state index contributed by atoms with van der Waals surface area (Å²) in [4.78, 5) is 2.61. The largest absolute Gasteiger partial charge is 0.491 e. The third-order valence-corrected chi connectivity index (χ3v) is 4.33. The van der Waals surface area contributed by atoms with Gasteiger partial charge in [-0.3, -0.25) is 0 Å². The van der Waals surface area contributed by atoms with E-state index in [1.165, 1.54) is 0 Å². The molecule has 2 aromatic rings. The van der Waals surface area contributed by atoms with E-state index in [1.807, 2.05) is 36.4 Å². The van der Waals surface area contributed by atoms with Crippen LogP contribution in [0.5, 0.6) is 5.75 Å². The molecule has 2 N–H and O–H groups in total. The molecule has 0 saturated carbocycles. The van der Waals surface area contributed by atoms with E-state index >= 15 is 0 Å². The van der Waals surface area contributed by atoms with Gasteiger partial charge in [0.05, 0.1) is 18.0 Å². The first kappa shape index (κ1) is 14.4. The van der Waals surface area contributed by atoms with E-state index in [1.54, 1.807) is 0 Å². The highest BCUT2D eigenvalue weighted by atomic mass is 79.9. The summed E-state index contributed by atoms with van der Waals surface area (Å²) in [6.07, 6.45) is 0.942. The van der Waals surface area contributed by atoms with E-state index < -0.39 is 0 Å². The fourth-order valence-electron chi connectivity index (χ4n) is 2.56. The smallest absolute Gasteiger partial charge is 0.142 e. The molecular formula is C16H15BrN2OS. The van der Waals surface area contributed by atoms with Crippen molar-refractivity contribution in [1.82, 2.24) is 0 Å². The van der Waals surface area contributed by atoms with Crippen molar-refractivity contribution < 1.29 is 4.74 Å². The van der Waals surface area contributed by atoms with Gasteiger partial charge in [-0.05, 0) is 46.6 Å². The Kier molecular flexibility index (Phi) is 4.12. The van der Waals surface area contributed by atoms with Crippen molar-refractivity contribution in [3.05, 3.63) is 52.5 Å². The SMILES string of the molecule is NC(=S)c1c(Br)cccc1N1CCCOc2ccccc21. The second-order valence-corrected chi connectivity index (χ2v) is 6.11. The first-order chi connectivity index (χ1) is 10.2. The van der Waals surface area contributed by atoms with Crippen LogP contribution in [0.4, 0.5) is 11.4 Å². The first-order valence-electron chi connectivity index (χ1n) is 6.76. The van der Waals surface area contributed by atoms with Crippen LogP contribution in [-0.2, 0) is 0 Å². The van der Waals surface area contributed by atoms with E-state index in [4.69, 9.17) is 22.7 Å². The molecule has 0 aliphatic carbocycles. The van der Waals surface area contributed by atoms with Gasteiger partial charge in [0.15, 0.2) is 0 Å². The molecule has 0 fully saturated rings. The molecule has 0 saturated heterocycles. The topological polar surface area (TPSA) is 38.5 Å². The van der Waals surface area contributed by atoms with Crippen molar-refractivity contribution in [3.8, 4) is 5.75 Å². The number of para-hydroxylation sites is 2. The van der Waals surface area contributed by atoms with Gasteiger partial charge < -0.3 is 15.4 Å². The highest BCUT2D eigenvalue weighted by Crippen LogP contribution is 2.38. The quantitative estimate of drug-likeness (QED) is 0.819. The molecule has 0 atom stereocenters. The van der Waals surface area contributed by atoms with Gasteiger partial charge in [-0.15, -0.1) is 0 Å². The van der Waals surface area contributed by atoms with Crippen LogP contribution >= 0.6 is 28.1 Å². The lowest BCUT2D eigenvalue weighted by Crippen LogP contribution is -2.22. The Labute approximate surface area is 137 Å². The maximum Gasteiger partial charge on any atom is 0.142 e. The van der Waals surface area contributed by atoms with Crippen LogP contribution in [0.15, 0.2) is 46.9 Å². The minimum atomic E-state index is 0.389. The number of halogens is 1. The van der Waals surface area contributed by atoms with Crippen LogP contribution in [0.3, 0.4) is 0 Å². The van der Waals surface area contributed by atoms with E-state index in [9.17, 15) is 0 Å². The highest BCUT2D eigenvalue weighted by molar-refractivity contribution is 9.10. The van der Waals surface area contributed by atoms with Crippen molar-refractivity contribution in [2.45, 2.75) is 6.42 Å². The van der Waals surface area contributed by atoms with Crippen molar-refractivity contribution >= 4 is 44.5 Å². The van der Waals surface area contributed by atoms with Crippen LogP contribution in [0.2, 0.25) is 0 Å². The number of rotatable bonds is 2.